The first-order chi connectivity index (χ1) is 31.2. The van der Waals surface area contributed by atoms with Crippen LogP contribution in [-0.4, -0.2) is 4.57 Å². The lowest BCUT2D eigenvalue weighted by Crippen LogP contribution is -1.93. The molecule has 0 spiro atoms. The number of hydrogen-bond acceptors (Lipinski definition) is 1. The molecule has 0 unspecified atom stereocenters. The third-order valence-corrected chi connectivity index (χ3v) is 13.4. The van der Waals surface area contributed by atoms with E-state index in [9.17, 15) is 5.26 Å². The summed E-state index contributed by atoms with van der Waals surface area (Å²) in [7, 11) is 0. The lowest BCUT2D eigenvalue weighted by atomic mass is 9.84. The number of para-hydroxylation sites is 1. The molecule has 1 aromatic heterocycles. The number of hydrogen-bond donors (Lipinski definition) is 0. The second kappa shape index (κ2) is 13.8. The maximum absolute atomic E-state index is 10.1. The van der Waals surface area contributed by atoms with Crippen LogP contribution in [0.2, 0.25) is 0 Å². The van der Waals surface area contributed by atoms with Crippen LogP contribution in [0.1, 0.15) is 5.56 Å². The molecule has 0 amide bonds. The summed E-state index contributed by atoms with van der Waals surface area (Å²) in [6, 6.07) is 82.0. The van der Waals surface area contributed by atoms with Gasteiger partial charge in [0, 0.05) is 21.8 Å². The van der Waals surface area contributed by atoms with Crippen molar-refractivity contribution >= 4 is 75.7 Å². The van der Waals surface area contributed by atoms with Crippen molar-refractivity contribution < 1.29 is 0 Å². The van der Waals surface area contributed by atoms with E-state index in [1.807, 2.05) is 6.07 Å². The van der Waals surface area contributed by atoms with Crippen molar-refractivity contribution in [2.24, 2.45) is 0 Å². The van der Waals surface area contributed by atoms with E-state index in [1.54, 1.807) is 0 Å². The molecular weight excluding hydrogens is 761 g/mol. The molecule has 290 valence electrons. The standard InChI is InChI=1S/C61H36N2/c62-37-47-27-32-56-60-50(47)29-30-53-49(31-33-57(61(53)60)63(56)48-14-2-1-3-15-48)41-22-18-40(19-23-41)44-26-28-54-55(36-44)59(46-25-21-39-11-5-7-13-43(39)35-46)52-17-9-8-16-51(52)58(54)45-24-20-38-10-4-6-12-42(38)34-45/h1-36H. The van der Waals surface area contributed by atoms with Gasteiger partial charge in [-0.05, 0) is 142 Å². The second-order valence-electron chi connectivity index (χ2n) is 16.7. The van der Waals surface area contributed by atoms with E-state index in [4.69, 9.17) is 0 Å². The quantitative estimate of drug-likeness (QED) is 0.126. The normalized spacial score (nSPS) is 11.8. The van der Waals surface area contributed by atoms with Gasteiger partial charge < -0.3 is 4.57 Å². The van der Waals surface area contributed by atoms with Crippen LogP contribution in [0.15, 0.2) is 218 Å². The van der Waals surface area contributed by atoms with Gasteiger partial charge in [0.15, 0.2) is 0 Å². The Balaban J connectivity index is 0.998. The molecule has 0 aliphatic carbocycles. The van der Waals surface area contributed by atoms with Gasteiger partial charge in [-0.1, -0.05) is 170 Å². The fourth-order valence-electron chi connectivity index (χ4n) is 10.5. The van der Waals surface area contributed by atoms with Crippen molar-refractivity contribution in [1.82, 2.24) is 4.57 Å². The largest absolute Gasteiger partial charge is 0.309 e. The SMILES string of the molecule is N#Cc1ccc2c3c1ccc1c(-c4ccc(-c5ccc6c(-c7ccc8ccccc8c7)c7ccccc7c(-c7ccc8ccccc8c7)c6c5)cc4)ccc(c13)n2-c1ccccc1. The Bertz CT molecular complexity index is 4020. The van der Waals surface area contributed by atoms with Gasteiger partial charge in [0.05, 0.1) is 22.7 Å². The van der Waals surface area contributed by atoms with E-state index in [0.29, 0.717) is 5.56 Å². The second-order valence-corrected chi connectivity index (χ2v) is 16.7. The molecule has 0 radical (unpaired) electrons. The number of benzene rings is 12. The highest BCUT2D eigenvalue weighted by Gasteiger charge is 2.22. The van der Waals surface area contributed by atoms with Crippen LogP contribution < -0.4 is 0 Å². The van der Waals surface area contributed by atoms with Crippen molar-refractivity contribution in [3.05, 3.63) is 224 Å². The Hall–Kier alpha value is -8.51. The van der Waals surface area contributed by atoms with Crippen LogP contribution in [0.25, 0.3) is 126 Å². The third kappa shape index (κ3) is 5.37. The number of rotatable bonds is 5. The van der Waals surface area contributed by atoms with Gasteiger partial charge in [-0.25, -0.2) is 0 Å². The summed E-state index contributed by atoms with van der Waals surface area (Å²) in [5, 5.41) is 24.5. The Morgan fingerprint density at radius 3 is 1.48 bits per heavy atom. The molecule has 2 heteroatoms. The zero-order valence-corrected chi connectivity index (χ0v) is 34.2. The van der Waals surface area contributed by atoms with Gasteiger partial charge >= 0.3 is 0 Å². The number of nitrogens with zero attached hydrogens (tertiary/aromatic N) is 2. The fraction of sp³-hybridized carbons (Fsp3) is 0. The summed E-state index contributed by atoms with van der Waals surface area (Å²) in [4.78, 5) is 0. The minimum Gasteiger partial charge on any atom is -0.309 e. The van der Waals surface area contributed by atoms with Crippen molar-refractivity contribution in [2.75, 3.05) is 0 Å². The summed E-state index contributed by atoms with van der Waals surface area (Å²) < 4.78 is 2.33. The number of nitriles is 1. The summed E-state index contributed by atoms with van der Waals surface area (Å²) in [5.74, 6) is 0. The monoisotopic (exact) mass is 796 g/mol. The molecule has 13 aromatic rings. The van der Waals surface area contributed by atoms with Crippen molar-refractivity contribution in [3.63, 3.8) is 0 Å². The first kappa shape index (κ1) is 35.3. The Kier molecular flexibility index (Phi) is 7.70. The van der Waals surface area contributed by atoms with Crippen molar-refractivity contribution in [1.29, 1.82) is 5.26 Å². The van der Waals surface area contributed by atoms with E-state index in [1.165, 1.54) is 87.2 Å². The molecule has 0 atom stereocenters. The molecule has 63 heavy (non-hydrogen) atoms. The van der Waals surface area contributed by atoms with Gasteiger partial charge in [0.25, 0.3) is 0 Å². The molecule has 0 saturated heterocycles. The maximum atomic E-state index is 10.1. The van der Waals surface area contributed by atoms with Crippen molar-refractivity contribution in [2.45, 2.75) is 0 Å². The van der Waals surface area contributed by atoms with Gasteiger partial charge in [-0.3, -0.25) is 0 Å². The molecule has 0 fully saturated rings. The molecule has 2 nitrogen and oxygen atoms in total. The average molecular weight is 797 g/mol. The van der Waals surface area contributed by atoms with E-state index in [2.05, 4.69) is 223 Å². The Labute approximate surface area is 364 Å². The predicted molar refractivity (Wildman–Crippen MR) is 266 cm³/mol. The first-order valence-electron chi connectivity index (χ1n) is 21.6. The van der Waals surface area contributed by atoms with E-state index < -0.39 is 0 Å². The molecule has 0 saturated carbocycles. The predicted octanol–water partition coefficient (Wildman–Crippen LogP) is 16.5. The molecule has 0 N–H and O–H groups in total. The smallest absolute Gasteiger partial charge is 0.0998 e. The highest BCUT2D eigenvalue weighted by atomic mass is 15.0. The minimum absolute atomic E-state index is 0.697. The van der Waals surface area contributed by atoms with Crippen LogP contribution >= 0.6 is 0 Å². The van der Waals surface area contributed by atoms with Crippen LogP contribution in [-0.2, 0) is 0 Å². The summed E-state index contributed by atoms with van der Waals surface area (Å²) in [5.41, 5.74) is 13.7. The lowest BCUT2D eigenvalue weighted by molar-refractivity contribution is 1.18. The van der Waals surface area contributed by atoms with Crippen molar-refractivity contribution in [3.8, 4) is 56.3 Å². The lowest BCUT2D eigenvalue weighted by Gasteiger charge is -2.19. The van der Waals surface area contributed by atoms with Gasteiger partial charge in [-0.15, -0.1) is 0 Å². The molecule has 12 aromatic carbocycles. The van der Waals surface area contributed by atoms with Crippen LogP contribution in [0, 0.1) is 11.3 Å². The molecular formula is C61H36N2. The average Bonchev–Trinajstić information content (AvgIpc) is 3.70. The summed E-state index contributed by atoms with van der Waals surface area (Å²) in [6.45, 7) is 0. The highest BCUT2D eigenvalue weighted by molar-refractivity contribution is 6.27. The molecule has 0 bridgehead atoms. The zero-order valence-electron chi connectivity index (χ0n) is 34.2. The molecule has 13 rings (SSSR count). The van der Waals surface area contributed by atoms with Crippen LogP contribution in [0.4, 0.5) is 0 Å². The number of aromatic nitrogens is 1. The fourth-order valence-corrected chi connectivity index (χ4v) is 10.5. The van der Waals surface area contributed by atoms with E-state index >= 15 is 0 Å². The van der Waals surface area contributed by atoms with Gasteiger partial charge in [-0.2, -0.15) is 5.26 Å². The summed E-state index contributed by atoms with van der Waals surface area (Å²) in [6.07, 6.45) is 0. The maximum Gasteiger partial charge on any atom is 0.0998 e. The number of fused-ring (bicyclic) bond motifs is 4. The zero-order chi connectivity index (χ0) is 41.6. The Morgan fingerprint density at radius 1 is 0.317 bits per heavy atom. The van der Waals surface area contributed by atoms with E-state index in [-0.39, 0.29) is 0 Å². The van der Waals surface area contributed by atoms with Gasteiger partial charge in [0.1, 0.15) is 0 Å². The topological polar surface area (TPSA) is 28.7 Å². The van der Waals surface area contributed by atoms with E-state index in [0.717, 1.165) is 38.6 Å². The third-order valence-electron chi connectivity index (χ3n) is 13.4. The molecule has 0 aliphatic rings. The molecule has 1 heterocycles. The van der Waals surface area contributed by atoms with Gasteiger partial charge in [0.2, 0.25) is 0 Å². The van der Waals surface area contributed by atoms with Crippen LogP contribution in [0.3, 0.4) is 0 Å². The highest BCUT2D eigenvalue weighted by Crippen LogP contribution is 2.47. The molecule has 0 aliphatic heterocycles. The van der Waals surface area contributed by atoms with Crippen LogP contribution in [0.5, 0.6) is 0 Å². The first-order valence-corrected chi connectivity index (χ1v) is 21.6. The Morgan fingerprint density at radius 2 is 0.810 bits per heavy atom. The summed E-state index contributed by atoms with van der Waals surface area (Å²) >= 11 is 0. The minimum atomic E-state index is 0.697.